The maximum Gasteiger partial charge on any atom is 0.248 e. The number of piperazine rings is 1. The molecule has 1 aliphatic rings. The van der Waals surface area contributed by atoms with E-state index in [0.717, 1.165) is 18.7 Å². The highest BCUT2D eigenvalue weighted by Crippen LogP contribution is 2.23. The summed E-state index contributed by atoms with van der Waals surface area (Å²) in [5.74, 6) is 0.103. The standard InChI is InChI=1S/C19H29N3O3/c1-4-20(5-2)18(16-9-7-6-8-10-16)19(24)22-13-11-21(12-14-22)17(23)15-25-3/h6-10,18H,4-5,11-15H2,1-3H3. The van der Waals surface area contributed by atoms with Gasteiger partial charge >= 0.3 is 0 Å². The molecule has 138 valence electrons. The molecule has 0 aliphatic carbocycles. The molecule has 1 aromatic carbocycles. The number of hydrogen-bond acceptors (Lipinski definition) is 4. The number of amides is 2. The molecule has 0 spiro atoms. The van der Waals surface area contributed by atoms with E-state index in [1.54, 1.807) is 4.90 Å². The third-order valence-electron chi connectivity index (χ3n) is 4.74. The lowest BCUT2D eigenvalue weighted by atomic mass is 10.0. The number of methoxy groups -OCH3 is 1. The number of nitrogens with zero attached hydrogens (tertiary/aromatic N) is 3. The summed E-state index contributed by atoms with van der Waals surface area (Å²) in [7, 11) is 1.52. The van der Waals surface area contributed by atoms with E-state index in [4.69, 9.17) is 4.74 Å². The van der Waals surface area contributed by atoms with Crippen molar-refractivity contribution in [2.75, 3.05) is 53.0 Å². The van der Waals surface area contributed by atoms with Gasteiger partial charge in [0, 0.05) is 33.3 Å². The Morgan fingerprint density at radius 3 is 2.12 bits per heavy atom. The molecule has 1 atom stereocenters. The zero-order chi connectivity index (χ0) is 18.2. The minimum Gasteiger partial charge on any atom is -0.375 e. The van der Waals surface area contributed by atoms with Crippen molar-refractivity contribution in [3.8, 4) is 0 Å². The number of hydrogen-bond donors (Lipinski definition) is 0. The molecule has 1 aromatic rings. The summed E-state index contributed by atoms with van der Waals surface area (Å²) < 4.78 is 4.91. The zero-order valence-electron chi connectivity index (χ0n) is 15.5. The van der Waals surface area contributed by atoms with Crippen LogP contribution in [0.2, 0.25) is 0 Å². The summed E-state index contributed by atoms with van der Waals surface area (Å²) in [6.07, 6.45) is 0. The molecule has 0 radical (unpaired) electrons. The van der Waals surface area contributed by atoms with Gasteiger partial charge in [-0.2, -0.15) is 0 Å². The zero-order valence-corrected chi connectivity index (χ0v) is 15.5. The summed E-state index contributed by atoms with van der Waals surface area (Å²) in [5.41, 5.74) is 1.02. The SMILES string of the molecule is CCN(CC)C(C(=O)N1CCN(C(=O)COC)CC1)c1ccccc1. The van der Waals surface area contributed by atoms with Gasteiger partial charge < -0.3 is 14.5 Å². The lowest BCUT2D eigenvalue weighted by Gasteiger charge is -2.38. The summed E-state index contributed by atoms with van der Waals surface area (Å²) >= 11 is 0. The Hall–Kier alpha value is -1.92. The van der Waals surface area contributed by atoms with E-state index < -0.39 is 0 Å². The van der Waals surface area contributed by atoms with Crippen molar-refractivity contribution in [2.24, 2.45) is 0 Å². The van der Waals surface area contributed by atoms with E-state index in [9.17, 15) is 9.59 Å². The molecule has 0 N–H and O–H groups in total. The molecule has 25 heavy (non-hydrogen) atoms. The second-order valence-electron chi connectivity index (χ2n) is 6.17. The van der Waals surface area contributed by atoms with E-state index in [-0.39, 0.29) is 24.5 Å². The molecule has 6 heteroatoms. The Morgan fingerprint density at radius 1 is 1.04 bits per heavy atom. The largest absolute Gasteiger partial charge is 0.375 e. The monoisotopic (exact) mass is 347 g/mol. The maximum absolute atomic E-state index is 13.2. The maximum atomic E-state index is 13.2. The molecule has 6 nitrogen and oxygen atoms in total. The quantitative estimate of drug-likeness (QED) is 0.748. The van der Waals surface area contributed by atoms with Gasteiger partial charge in [-0.05, 0) is 18.7 Å². The fourth-order valence-corrected chi connectivity index (χ4v) is 3.30. The number of ether oxygens (including phenoxy) is 1. The van der Waals surface area contributed by atoms with E-state index in [0.29, 0.717) is 26.2 Å². The van der Waals surface area contributed by atoms with Crippen molar-refractivity contribution in [3.63, 3.8) is 0 Å². The van der Waals surface area contributed by atoms with Crippen LogP contribution in [-0.2, 0) is 14.3 Å². The Morgan fingerprint density at radius 2 is 1.60 bits per heavy atom. The second-order valence-corrected chi connectivity index (χ2v) is 6.17. The number of carbonyl (C=O) groups is 2. The third kappa shape index (κ3) is 4.80. The van der Waals surface area contributed by atoms with Gasteiger partial charge in [-0.15, -0.1) is 0 Å². The summed E-state index contributed by atoms with van der Waals surface area (Å²) in [4.78, 5) is 31.0. The molecule has 1 aliphatic heterocycles. The third-order valence-corrected chi connectivity index (χ3v) is 4.74. The number of likely N-dealkylation sites (N-methyl/N-ethyl adjacent to an activating group) is 1. The van der Waals surface area contributed by atoms with E-state index in [2.05, 4.69) is 18.7 Å². The van der Waals surface area contributed by atoms with E-state index in [1.807, 2.05) is 35.2 Å². The first-order chi connectivity index (χ1) is 12.1. The Balaban J connectivity index is 2.09. The van der Waals surface area contributed by atoms with Gasteiger partial charge in [0.2, 0.25) is 11.8 Å². The normalized spacial score (nSPS) is 16.2. The molecule has 1 heterocycles. The van der Waals surface area contributed by atoms with Crippen LogP contribution in [0.5, 0.6) is 0 Å². The van der Waals surface area contributed by atoms with Gasteiger partial charge in [-0.25, -0.2) is 0 Å². The van der Waals surface area contributed by atoms with Crippen molar-refractivity contribution < 1.29 is 14.3 Å². The average Bonchev–Trinajstić information content (AvgIpc) is 2.66. The predicted octanol–water partition coefficient (Wildman–Crippen LogP) is 1.39. The lowest BCUT2D eigenvalue weighted by molar-refractivity contribution is -0.144. The molecule has 1 saturated heterocycles. The van der Waals surface area contributed by atoms with Crippen molar-refractivity contribution in [1.82, 2.24) is 14.7 Å². The first-order valence-corrected chi connectivity index (χ1v) is 8.96. The van der Waals surface area contributed by atoms with Crippen LogP contribution in [0.15, 0.2) is 30.3 Å². The van der Waals surface area contributed by atoms with Gasteiger partial charge in [0.05, 0.1) is 0 Å². The van der Waals surface area contributed by atoms with Crippen LogP contribution >= 0.6 is 0 Å². The molecule has 0 bridgehead atoms. The highest BCUT2D eigenvalue weighted by Gasteiger charge is 2.32. The van der Waals surface area contributed by atoms with Crippen LogP contribution in [0, 0.1) is 0 Å². The summed E-state index contributed by atoms with van der Waals surface area (Å²) in [6, 6.07) is 9.67. The highest BCUT2D eigenvalue weighted by molar-refractivity contribution is 5.84. The first-order valence-electron chi connectivity index (χ1n) is 8.96. The molecule has 0 aromatic heterocycles. The van der Waals surface area contributed by atoms with Crippen LogP contribution in [0.1, 0.15) is 25.5 Å². The fraction of sp³-hybridized carbons (Fsp3) is 0.579. The van der Waals surface area contributed by atoms with Gasteiger partial charge in [0.15, 0.2) is 0 Å². The van der Waals surface area contributed by atoms with Gasteiger partial charge in [-0.3, -0.25) is 14.5 Å². The van der Waals surface area contributed by atoms with Crippen LogP contribution in [0.4, 0.5) is 0 Å². The molecular formula is C19H29N3O3. The number of rotatable bonds is 7. The van der Waals surface area contributed by atoms with Crippen molar-refractivity contribution in [3.05, 3.63) is 35.9 Å². The van der Waals surface area contributed by atoms with Gasteiger partial charge in [0.1, 0.15) is 12.6 Å². The Kier molecular flexibility index (Phi) is 7.40. The highest BCUT2D eigenvalue weighted by atomic mass is 16.5. The summed E-state index contributed by atoms with van der Waals surface area (Å²) in [6.45, 7) is 8.14. The van der Waals surface area contributed by atoms with Crippen LogP contribution in [-0.4, -0.2) is 79.5 Å². The predicted molar refractivity (Wildman–Crippen MR) is 97.1 cm³/mol. The van der Waals surface area contributed by atoms with Crippen LogP contribution < -0.4 is 0 Å². The molecule has 1 unspecified atom stereocenters. The second kappa shape index (κ2) is 9.53. The van der Waals surface area contributed by atoms with Crippen LogP contribution in [0.25, 0.3) is 0 Å². The van der Waals surface area contributed by atoms with Crippen molar-refractivity contribution in [2.45, 2.75) is 19.9 Å². The molecular weight excluding hydrogens is 318 g/mol. The Bertz CT molecular complexity index is 552. The smallest absolute Gasteiger partial charge is 0.248 e. The minimum atomic E-state index is -0.266. The fourth-order valence-electron chi connectivity index (χ4n) is 3.30. The first kappa shape index (κ1) is 19.4. The van der Waals surface area contributed by atoms with Gasteiger partial charge in [-0.1, -0.05) is 44.2 Å². The average molecular weight is 347 g/mol. The molecule has 2 amide bonds. The molecule has 2 rings (SSSR count). The molecule has 0 saturated carbocycles. The topological polar surface area (TPSA) is 53.1 Å². The summed E-state index contributed by atoms with van der Waals surface area (Å²) in [5, 5.41) is 0. The molecule has 1 fully saturated rings. The lowest BCUT2D eigenvalue weighted by Crippen LogP contribution is -2.54. The van der Waals surface area contributed by atoms with E-state index >= 15 is 0 Å². The van der Waals surface area contributed by atoms with Gasteiger partial charge in [0.25, 0.3) is 0 Å². The number of carbonyl (C=O) groups excluding carboxylic acids is 2. The Labute approximate surface area is 150 Å². The minimum absolute atomic E-state index is 0.0158. The van der Waals surface area contributed by atoms with Crippen molar-refractivity contribution >= 4 is 11.8 Å². The van der Waals surface area contributed by atoms with Crippen LogP contribution in [0.3, 0.4) is 0 Å². The van der Waals surface area contributed by atoms with Crippen molar-refractivity contribution in [1.29, 1.82) is 0 Å². The number of benzene rings is 1. The van der Waals surface area contributed by atoms with E-state index in [1.165, 1.54) is 7.11 Å².